The fourth-order valence-corrected chi connectivity index (χ4v) is 2.98. The largest absolute Gasteiger partial charge is 0.497 e. The Labute approximate surface area is 179 Å². The minimum Gasteiger partial charge on any atom is -0.497 e. The van der Waals surface area contributed by atoms with Gasteiger partial charge in [-0.15, -0.1) is 24.0 Å². The number of benzene rings is 1. The van der Waals surface area contributed by atoms with E-state index in [1.54, 1.807) is 21.3 Å². The first-order valence-electron chi connectivity index (χ1n) is 8.98. The summed E-state index contributed by atoms with van der Waals surface area (Å²) in [6.45, 7) is 9.42. The van der Waals surface area contributed by atoms with Crippen LogP contribution in [0.3, 0.4) is 0 Å². The summed E-state index contributed by atoms with van der Waals surface area (Å²) in [6, 6.07) is 5.81. The summed E-state index contributed by atoms with van der Waals surface area (Å²) in [7, 11) is 5.09. The predicted octanol–water partition coefficient (Wildman–Crippen LogP) is 2.10. The van der Waals surface area contributed by atoms with Crippen molar-refractivity contribution < 1.29 is 14.2 Å². The van der Waals surface area contributed by atoms with E-state index in [9.17, 15) is 0 Å². The Morgan fingerprint density at radius 2 is 1.89 bits per heavy atom. The molecular formula is C19H33IN4O3. The lowest BCUT2D eigenvalue weighted by atomic mass is 10.0. The van der Waals surface area contributed by atoms with Gasteiger partial charge in [0.2, 0.25) is 0 Å². The molecule has 0 amide bonds. The number of halogens is 1. The van der Waals surface area contributed by atoms with Crippen molar-refractivity contribution >= 4 is 29.9 Å². The molecule has 0 aromatic heterocycles. The zero-order chi connectivity index (χ0) is 19.0. The maximum atomic E-state index is 5.45. The maximum Gasteiger partial charge on any atom is 0.191 e. The molecule has 154 valence electrons. The Kier molecular flexibility index (Phi) is 10.2. The number of hydrogen-bond donors (Lipinski definition) is 2. The Morgan fingerprint density at radius 3 is 2.48 bits per heavy atom. The molecule has 0 bridgehead atoms. The van der Waals surface area contributed by atoms with Crippen molar-refractivity contribution in [2.75, 3.05) is 54.1 Å². The van der Waals surface area contributed by atoms with Crippen LogP contribution in [0.5, 0.6) is 11.5 Å². The van der Waals surface area contributed by atoms with Crippen molar-refractivity contribution in [3.8, 4) is 11.5 Å². The van der Waals surface area contributed by atoms with E-state index in [-0.39, 0.29) is 29.5 Å². The molecule has 2 N–H and O–H groups in total. The fraction of sp³-hybridized carbons (Fsp3) is 0.632. The first kappa shape index (κ1) is 23.8. The van der Waals surface area contributed by atoms with Gasteiger partial charge in [0.15, 0.2) is 5.96 Å². The third-order valence-electron chi connectivity index (χ3n) is 4.72. The molecule has 1 aromatic carbocycles. The number of nitrogens with one attached hydrogen (secondary N) is 2. The first-order valence-corrected chi connectivity index (χ1v) is 8.98. The van der Waals surface area contributed by atoms with E-state index in [1.165, 1.54) is 0 Å². The van der Waals surface area contributed by atoms with Gasteiger partial charge in [-0.1, -0.05) is 0 Å². The van der Waals surface area contributed by atoms with Gasteiger partial charge in [0, 0.05) is 50.4 Å². The molecule has 0 unspecified atom stereocenters. The highest BCUT2D eigenvalue weighted by atomic mass is 127. The van der Waals surface area contributed by atoms with Gasteiger partial charge in [-0.05, 0) is 26.0 Å². The molecule has 0 atom stereocenters. The highest BCUT2D eigenvalue weighted by Crippen LogP contribution is 2.24. The molecule has 0 spiro atoms. The molecule has 8 heteroatoms. The zero-order valence-corrected chi connectivity index (χ0v) is 19.3. The van der Waals surface area contributed by atoms with Gasteiger partial charge in [0.1, 0.15) is 11.5 Å². The molecule has 0 aliphatic carbocycles. The van der Waals surface area contributed by atoms with Crippen molar-refractivity contribution in [1.82, 2.24) is 15.5 Å². The zero-order valence-electron chi connectivity index (χ0n) is 17.0. The molecule has 27 heavy (non-hydrogen) atoms. The molecule has 7 nitrogen and oxygen atoms in total. The Bertz CT molecular complexity index is 605. The van der Waals surface area contributed by atoms with Crippen LogP contribution in [0.2, 0.25) is 0 Å². The Hall–Kier alpha value is -1.26. The van der Waals surface area contributed by atoms with Gasteiger partial charge in [-0.2, -0.15) is 0 Å². The summed E-state index contributed by atoms with van der Waals surface area (Å²) in [5.74, 6) is 2.34. The van der Waals surface area contributed by atoms with E-state index < -0.39 is 0 Å². The van der Waals surface area contributed by atoms with Crippen LogP contribution in [0.4, 0.5) is 0 Å². The van der Waals surface area contributed by atoms with Gasteiger partial charge in [0.25, 0.3) is 0 Å². The van der Waals surface area contributed by atoms with Crippen LogP contribution in [0.25, 0.3) is 0 Å². The van der Waals surface area contributed by atoms with Crippen molar-refractivity contribution in [3.63, 3.8) is 0 Å². The minimum absolute atomic E-state index is 0. The van der Waals surface area contributed by atoms with E-state index in [1.807, 2.05) is 18.2 Å². The molecule has 1 aromatic rings. The second-order valence-electron chi connectivity index (χ2n) is 6.87. The van der Waals surface area contributed by atoms with Crippen LogP contribution in [0.1, 0.15) is 19.4 Å². The molecule has 0 saturated carbocycles. The van der Waals surface area contributed by atoms with Crippen LogP contribution in [0.15, 0.2) is 23.2 Å². The SMILES string of the molecule is CN=C(NCc1ccc(OC)cc1OC)NCC(C)(C)N1CCOCC1.I. The van der Waals surface area contributed by atoms with E-state index in [0.717, 1.165) is 55.9 Å². The number of aliphatic imine (C=N–C) groups is 1. The predicted molar refractivity (Wildman–Crippen MR) is 120 cm³/mol. The van der Waals surface area contributed by atoms with Gasteiger partial charge in [0.05, 0.1) is 27.4 Å². The molecular weight excluding hydrogens is 459 g/mol. The normalized spacial score (nSPS) is 15.7. The van der Waals surface area contributed by atoms with Crippen LogP contribution in [0, 0.1) is 0 Å². The quantitative estimate of drug-likeness (QED) is 0.346. The van der Waals surface area contributed by atoms with Gasteiger partial charge in [-0.25, -0.2) is 0 Å². The number of methoxy groups -OCH3 is 2. The molecule has 0 radical (unpaired) electrons. The third kappa shape index (κ3) is 7.00. The second-order valence-corrected chi connectivity index (χ2v) is 6.87. The lowest BCUT2D eigenvalue weighted by molar-refractivity contribution is -0.00834. The summed E-state index contributed by atoms with van der Waals surface area (Å²) in [6.07, 6.45) is 0. The standard InChI is InChI=1S/C19H32N4O3.HI/c1-19(2,23-8-10-26-11-9-23)14-22-18(20-3)21-13-15-6-7-16(24-4)12-17(15)25-5;/h6-7,12H,8-11,13-14H2,1-5H3,(H2,20,21,22);1H. The van der Waals surface area contributed by atoms with Crippen LogP contribution >= 0.6 is 24.0 Å². The third-order valence-corrected chi connectivity index (χ3v) is 4.72. The Morgan fingerprint density at radius 1 is 1.19 bits per heavy atom. The highest BCUT2D eigenvalue weighted by molar-refractivity contribution is 14.0. The van der Waals surface area contributed by atoms with Crippen LogP contribution in [-0.4, -0.2) is 70.5 Å². The van der Waals surface area contributed by atoms with Crippen molar-refractivity contribution in [1.29, 1.82) is 0 Å². The fourth-order valence-electron chi connectivity index (χ4n) is 2.98. The second kappa shape index (κ2) is 11.6. The minimum atomic E-state index is 0. The summed E-state index contributed by atoms with van der Waals surface area (Å²) >= 11 is 0. The van der Waals surface area contributed by atoms with Crippen molar-refractivity contribution in [2.24, 2.45) is 4.99 Å². The van der Waals surface area contributed by atoms with Gasteiger partial charge < -0.3 is 24.8 Å². The number of nitrogens with zero attached hydrogens (tertiary/aromatic N) is 2. The molecule has 1 saturated heterocycles. The number of guanidine groups is 1. The summed E-state index contributed by atoms with van der Waals surface area (Å²) in [5, 5.41) is 6.78. The highest BCUT2D eigenvalue weighted by Gasteiger charge is 2.28. The summed E-state index contributed by atoms with van der Waals surface area (Å²) < 4.78 is 16.1. The average Bonchev–Trinajstić information content (AvgIpc) is 2.68. The van der Waals surface area contributed by atoms with Crippen LogP contribution in [-0.2, 0) is 11.3 Å². The molecule has 1 aliphatic heterocycles. The van der Waals surface area contributed by atoms with Gasteiger partial charge >= 0.3 is 0 Å². The molecule has 1 heterocycles. The summed E-state index contributed by atoms with van der Waals surface area (Å²) in [5.41, 5.74) is 1.07. The topological polar surface area (TPSA) is 67.4 Å². The molecule has 1 aliphatic rings. The number of ether oxygens (including phenoxy) is 3. The van der Waals surface area contributed by atoms with E-state index in [0.29, 0.717) is 6.54 Å². The summed E-state index contributed by atoms with van der Waals surface area (Å²) in [4.78, 5) is 6.77. The number of morpholine rings is 1. The smallest absolute Gasteiger partial charge is 0.191 e. The van der Waals surface area contributed by atoms with Crippen molar-refractivity contribution in [2.45, 2.75) is 25.9 Å². The number of hydrogen-bond acceptors (Lipinski definition) is 5. The lowest BCUT2D eigenvalue weighted by Crippen LogP contribution is -2.56. The first-order chi connectivity index (χ1) is 12.5. The van der Waals surface area contributed by atoms with E-state index in [4.69, 9.17) is 14.2 Å². The van der Waals surface area contributed by atoms with E-state index in [2.05, 4.69) is 34.4 Å². The molecule has 2 rings (SSSR count). The molecule has 1 fully saturated rings. The lowest BCUT2D eigenvalue weighted by Gasteiger charge is -2.41. The van der Waals surface area contributed by atoms with Crippen LogP contribution < -0.4 is 20.1 Å². The van der Waals surface area contributed by atoms with Crippen molar-refractivity contribution in [3.05, 3.63) is 23.8 Å². The van der Waals surface area contributed by atoms with Gasteiger partial charge in [-0.3, -0.25) is 9.89 Å². The van der Waals surface area contributed by atoms with E-state index >= 15 is 0 Å². The maximum absolute atomic E-state index is 5.45. The average molecular weight is 492 g/mol. The number of rotatable bonds is 7. The monoisotopic (exact) mass is 492 g/mol. The Balaban J connectivity index is 0.00000364.